The minimum absolute atomic E-state index is 0.102. The Kier molecular flexibility index (Phi) is 7.73. The van der Waals surface area contributed by atoms with Crippen LogP contribution in [0.3, 0.4) is 0 Å². The van der Waals surface area contributed by atoms with Crippen LogP contribution in [0.15, 0.2) is 66.0 Å². The number of oxime groups is 1. The molecule has 1 amide bonds. The number of alkyl halides is 1. The maximum Gasteiger partial charge on any atom is 0.313 e. The van der Waals surface area contributed by atoms with Gasteiger partial charge in [-0.15, -0.1) is 0 Å². The zero-order valence-electron chi connectivity index (χ0n) is 22.4. The number of aromatic nitrogens is 1. The minimum Gasteiger partial charge on any atom is -0.426 e. The summed E-state index contributed by atoms with van der Waals surface area (Å²) in [5, 5.41) is 8.38. The molecule has 1 aromatic heterocycles. The number of allylic oxidation sites excluding steroid dienone is 1. The molecule has 0 spiro atoms. The van der Waals surface area contributed by atoms with Crippen molar-refractivity contribution in [2.45, 2.75) is 51.2 Å². The molecule has 0 saturated heterocycles. The number of benzene rings is 2. The van der Waals surface area contributed by atoms with Gasteiger partial charge in [0, 0.05) is 29.5 Å². The molecule has 0 fully saturated rings. The van der Waals surface area contributed by atoms with Crippen LogP contribution < -0.4 is 10.1 Å². The number of ether oxygens (including phenoxy) is 1. The van der Waals surface area contributed by atoms with Gasteiger partial charge in [-0.2, -0.15) is 0 Å². The molecule has 206 valence electrons. The number of nitrogens with zero attached hydrogens (tertiary/aromatic N) is 2. The highest BCUT2D eigenvalue weighted by atomic mass is 19.1. The van der Waals surface area contributed by atoms with Crippen LogP contribution in [0.4, 0.5) is 4.39 Å². The molecule has 2 aromatic carbocycles. The van der Waals surface area contributed by atoms with E-state index in [1.165, 1.54) is 0 Å². The highest BCUT2D eigenvalue weighted by Gasteiger charge is 2.51. The van der Waals surface area contributed by atoms with Crippen LogP contribution >= 0.6 is 0 Å². The van der Waals surface area contributed by atoms with Crippen LogP contribution in [0.5, 0.6) is 5.75 Å². The molecule has 9 heteroatoms. The van der Waals surface area contributed by atoms with Gasteiger partial charge in [-0.3, -0.25) is 19.4 Å². The predicted molar refractivity (Wildman–Crippen MR) is 149 cm³/mol. The third kappa shape index (κ3) is 5.23. The molecular weight excluding hydrogens is 513 g/mol. The summed E-state index contributed by atoms with van der Waals surface area (Å²) in [5.41, 5.74) is 1.76. The van der Waals surface area contributed by atoms with Crippen LogP contribution in [-0.4, -0.2) is 46.7 Å². The van der Waals surface area contributed by atoms with E-state index in [9.17, 15) is 18.8 Å². The number of fused-ring (bicyclic) bond motifs is 2. The van der Waals surface area contributed by atoms with Crippen LogP contribution in [0.2, 0.25) is 0 Å². The van der Waals surface area contributed by atoms with E-state index < -0.39 is 42.4 Å². The first-order valence-corrected chi connectivity index (χ1v) is 13.3. The van der Waals surface area contributed by atoms with Crippen molar-refractivity contribution >= 4 is 40.2 Å². The first kappa shape index (κ1) is 27.2. The van der Waals surface area contributed by atoms with E-state index in [1.807, 2.05) is 36.4 Å². The summed E-state index contributed by atoms with van der Waals surface area (Å²) in [6.07, 6.45) is 7.15. The average Bonchev–Trinajstić information content (AvgIpc) is 3.43. The Labute approximate surface area is 231 Å². The first-order chi connectivity index (χ1) is 19.3. The lowest BCUT2D eigenvalue weighted by atomic mass is 9.83. The van der Waals surface area contributed by atoms with Crippen molar-refractivity contribution in [3.05, 3.63) is 77.6 Å². The molecule has 5 rings (SSSR count). The Bertz CT molecular complexity index is 1530. The van der Waals surface area contributed by atoms with Gasteiger partial charge in [0.2, 0.25) is 5.60 Å². The van der Waals surface area contributed by atoms with Crippen molar-refractivity contribution < 1.29 is 28.3 Å². The zero-order chi connectivity index (χ0) is 28.3. The zero-order valence-corrected chi connectivity index (χ0v) is 22.4. The molecule has 0 radical (unpaired) electrons. The number of Topliss-reactive ketones (excluding diaryl/α,β-unsaturated/α-hetero) is 1. The molecule has 2 heterocycles. The van der Waals surface area contributed by atoms with Gasteiger partial charge in [-0.25, -0.2) is 4.39 Å². The minimum atomic E-state index is -1.47. The number of aryl methyl sites for hydroxylation is 1. The molecule has 1 aliphatic heterocycles. The Morgan fingerprint density at radius 1 is 1.12 bits per heavy atom. The Morgan fingerprint density at radius 2 is 1.93 bits per heavy atom. The number of nitrogens with one attached hydrogen (secondary N) is 1. The number of rotatable bonds is 9. The Morgan fingerprint density at radius 3 is 2.73 bits per heavy atom. The smallest absolute Gasteiger partial charge is 0.313 e. The fraction of sp³-hybridized carbons (Fsp3) is 0.323. The molecule has 1 unspecified atom stereocenters. The highest BCUT2D eigenvalue weighted by molar-refractivity contribution is 6.07. The Balaban J connectivity index is 1.33. The van der Waals surface area contributed by atoms with E-state index in [-0.39, 0.29) is 12.3 Å². The molecule has 0 saturated carbocycles. The number of carbonyl (C=O) groups excluding carboxylic acids is 3. The highest BCUT2D eigenvalue weighted by Crippen LogP contribution is 2.36. The van der Waals surface area contributed by atoms with Crippen molar-refractivity contribution in [1.29, 1.82) is 0 Å². The standard InChI is InChI=1S/C31H30FN3O5/c1-19(2)31(17-25(35-40-31)29-23-12-6-4-9-21(23)14-15-33-29)30(38)34-24(26(36)18-32)16-28(37)39-27-13-7-10-20-8-3-5-11-22(20)27/h3,5-8,10-15,19,24H,4,9,16-18H2,1-2H3,(H,34,38)/t24-,31?/m0/s1. The molecule has 1 N–H and O–H groups in total. The van der Waals surface area contributed by atoms with Gasteiger partial charge in [-0.1, -0.05) is 67.6 Å². The molecule has 40 heavy (non-hydrogen) atoms. The van der Waals surface area contributed by atoms with Crippen molar-refractivity contribution in [2.75, 3.05) is 6.67 Å². The second-order valence-electron chi connectivity index (χ2n) is 10.3. The van der Waals surface area contributed by atoms with Gasteiger partial charge in [0.05, 0.1) is 12.1 Å². The fourth-order valence-electron chi connectivity index (χ4n) is 5.09. The molecule has 3 aromatic rings. The SMILES string of the molecule is CC(C)C1(C(=O)N[C@@H](CC(=O)Oc2cccc3ccccc23)C(=O)CF)CC(c2nccc3c2C=CCC3)=NO1. The van der Waals surface area contributed by atoms with E-state index in [0.717, 1.165) is 29.4 Å². The average molecular weight is 544 g/mol. The van der Waals surface area contributed by atoms with Gasteiger partial charge in [0.25, 0.3) is 5.91 Å². The van der Waals surface area contributed by atoms with Gasteiger partial charge in [0.1, 0.15) is 24.2 Å². The number of hydrogen-bond acceptors (Lipinski definition) is 7. The molecule has 8 nitrogen and oxygen atoms in total. The normalized spacial score (nSPS) is 18.6. The van der Waals surface area contributed by atoms with Crippen molar-refractivity contribution in [3.63, 3.8) is 0 Å². The van der Waals surface area contributed by atoms with Crippen molar-refractivity contribution in [3.8, 4) is 5.75 Å². The van der Waals surface area contributed by atoms with Gasteiger partial charge < -0.3 is 14.9 Å². The first-order valence-electron chi connectivity index (χ1n) is 13.3. The topological polar surface area (TPSA) is 107 Å². The lowest BCUT2D eigenvalue weighted by Crippen LogP contribution is -2.56. The largest absolute Gasteiger partial charge is 0.426 e. The summed E-state index contributed by atoms with van der Waals surface area (Å²) in [5.74, 6) is -2.44. The lowest BCUT2D eigenvalue weighted by molar-refractivity contribution is -0.152. The maximum absolute atomic E-state index is 13.6. The predicted octanol–water partition coefficient (Wildman–Crippen LogP) is 4.73. The summed E-state index contributed by atoms with van der Waals surface area (Å²) >= 11 is 0. The number of esters is 1. The second kappa shape index (κ2) is 11.4. The van der Waals surface area contributed by atoms with Crippen LogP contribution in [0, 0.1) is 5.92 Å². The number of amides is 1. The van der Waals surface area contributed by atoms with Gasteiger partial charge in [-0.05, 0) is 35.9 Å². The summed E-state index contributed by atoms with van der Waals surface area (Å²) in [6.45, 7) is 2.25. The molecule has 2 aliphatic rings. The van der Waals surface area contributed by atoms with Crippen LogP contribution in [0.25, 0.3) is 16.8 Å². The number of ketones is 1. The summed E-state index contributed by atoms with van der Waals surface area (Å²) in [4.78, 5) is 49.3. The Hall–Kier alpha value is -4.40. The molecule has 0 bridgehead atoms. The van der Waals surface area contributed by atoms with Crippen molar-refractivity contribution in [2.24, 2.45) is 11.1 Å². The van der Waals surface area contributed by atoms with E-state index in [4.69, 9.17) is 9.57 Å². The van der Waals surface area contributed by atoms with Gasteiger partial charge >= 0.3 is 5.97 Å². The van der Waals surface area contributed by atoms with E-state index in [1.54, 1.807) is 38.2 Å². The summed E-state index contributed by atoms with van der Waals surface area (Å²) in [7, 11) is 0. The number of pyridine rings is 1. The molecular formula is C31H30FN3O5. The van der Waals surface area contributed by atoms with Crippen LogP contribution in [-0.2, 0) is 25.6 Å². The number of carbonyl (C=O) groups is 3. The van der Waals surface area contributed by atoms with Crippen molar-refractivity contribution in [1.82, 2.24) is 10.3 Å². The summed E-state index contributed by atoms with van der Waals surface area (Å²) < 4.78 is 19.1. The molecule has 1 aliphatic carbocycles. The van der Waals surface area contributed by atoms with E-state index >= 15 is 0 Å². The summed E-state index contributed by atoms with van der Waals surface area (Å²) in [6, 6.07) is 13.1. The lowest BCUT2D eigenvalue weighted by Gasteiger charge is -2.30. The van der Waals surface area contributed by atoms with Gasteiger partial charge in [0.15, 0.2) is 5.78 Å². The monoisotopic (exact) mass is 543 g/mol. The molecule has 2 atom stereocenters. The van der Waals surface area contributed by atoms with E-state index in [0.29, 0.717) is 22.5 Å². The fourth-order valence-corrected chi connectivity index (χ4v) is 5.09. The number of halogens is 1. The quantitative estimate of drug-likeness (QED) is 0.309. The van der Waals surface area contributed by atoms with E-state index in [2.05, 4.69) is 21.5 Å². The third-order valence-electron chi connectivity index (χ3n) is 7.45. The number of hydrogen-bond donors (Lipinski definition) is 1. The third-order valence-corrected chi connectivity index (χ3v) is 7.45. The second-order valence-corrected chi connectivity index (χ2v) is 10.3. The van der Waals surface area contributed by atoms with Crippen LogP contribution in [0.1, 0.15) is 49.9 Å². The maximum atomic E-state index is 13.6.